The van der Waals surface area contributed by atoms with Crippen LogP contribution in [0.3, 0.4) is 0 Å². The number of pyridine rings is 1. The molecule has 0 N–H and O–H groups in total. The molecule has 1 unspecified atom stereocenters. The van der Waals surface area contributed by atoms with Crippen molar-refractivity contribution < 1.29 is 4.74 Å². The third-order valence-corrected chi connectivity index (χ3v) is 5.81. The van der Waals surface area contributed by atoms with E-state index >= 15 is 0 Å². The van der Waals surface area contributed by atoms with Crippen molar-refractivity contribution in [3.05, 3.63) is 94.0 Å². The molecule has 4 nitrogen and oxygen atoms in total. The van der Waals surface area contributed by atoms with E-state index in [4.69, 9.17) is 4.74 Å². The van der Waals surface area contributed by atoms with Gasteiger partial charge in [0.1, 0.15) is 5.52 Å². The molecule has 0 saturated carbocycles. The number of ether oxygens (including phenoxy) is 1. The maximum absolute atomic E-state index is 13.6. The normalized spacial score (nSPS) is 12.9. The van der Waals surface area contributed by atoms with E-state index < -0.39 is 0 Å². The van der Waals surface area contributed by atoms with E-state index in [-0.39, 0.29) is 17.3 Å². The fourth-order valence-corrected chi connectivity index (χ4v) is 4.48. The molecule has 0 fully saturated rings. The van der Waals surface area contributed by atoms with E-state index in [9.17, 15) is 4.79 Å². The van der Waals surface area contributed by atoms with Gasteiger partial charge in [-0.15, -0.1) is 0 Å². The number of rotatable bonds is 5. The number of fused-ring (bicyclic) bond motifs is 1. The van der Waals surface area contributed by atoms with Crippen molar-refractivity contribution >= 4 is 10.9 Å². The van der Waals surface area contributed by atoms with Crippen LogP contribution in [0, 0.1) is 6.92 Å². The van der Waals surface area contributed by atoms with Crippen LogP contribution in [0.25, 0.3) is 22.0 Å². The van der Waals surface area contributed by atoms with E-state index in [2.05, 4.69) is 54.0 Å². The Morgan fingerprint density at radius 3 is 2.25 bits per heavy atom. The quantitative estimate of drug-likeness (QED) is 0.377. The molecular weight excluding hydrogens is 396 g/mol. The van der Waals surface area contributed by atoms with Gasteiger partial charge in [-0.05, 0) is 51.8 Å². The molecule has 4 rings (SSSR count). The summed E-state index contributed by atoms with van der Waals surface area (Å²) in [5.41, 5.74) is 5.82. The highest BCUT2D eigenvalue weighted by atomic mass is 16.5. The average Bonchev–Trinajstić information content (AvgIpc) is 3.14. The summed E-state index contributed by atoms with van der Waals surface area (Å²) in [6.07, 6.45) is 1.78. The molecule has 0 spiro atoms. The van der Waals surface area contributed by atoms with Crippen molar-refractivity contribution in [2.24, 2.45) is 7.05 Å². The van der Waals surface area contributed by atoms with E-state index in [1.165, 1.54) is 5.56 Å². The standard InChI is InChI=1S/C28H32N2O2/c1-19-12-14-22(15-13-19)24-23-16-17-30(18-21-10-8-7-9-11-21)26(23)27(31)29(6)25(24)20(2)32-28(3,4)5/h7-17,20H,18H2,1-6H3. The second kappa shape index (κ2) is 8.44. The van der Waals surface area contributed by atoms with Crippen LogP contribution in [0.5, 0.6) is 0 Å². The van der Waals surface area contributed by atoms with Gasteiger partial charge >= 0.3 is 0 Å². The highest BCUT2D eigenvalue weighted by Crippen LogP contribution is 2.37. The van der Waals surface area contributed by atoms with Crippen molar-refractivity contribution in [3.8, 4) is 11.1 Å². The molecule has 0 aliphatic heterocycles. The second-order valence-corrected chi connectivity index (χ2v) is 9.55. The number of nitrogens with zero attached hydrogens (tertiary/aromatic N) is 2. The Labute approximate surface area is 190 Å². The van der Waals surface area contributed by atoms with Gasteiger partial charge in [-0.3, -0.25) is 4.79 Å². The smallest absolute Gasteiger partial charge is 0.275 e. The lowest BCUT2D eigenvalue weighted by Crippen LogP contribution is -2.28. The SMILES string of the molecule is Cc1ccc(-c2c(C(C)OC(C)(C)C)n(C)c(=O)c3c2ccn3Cc2ccccc2)cc1. The number of hydrogen-bond donors (Lipinski definition) is 0. The molecule has 2 heterocycles. The molecule has 2 aromatic carbocycles. The van der Waals surface area contributed by atoms with Crippen LogP contribution in [-0.4, -0.2) is 14.7 Å². The molecule has 32 heavy (non-hydrogen) atoms. The summed E-state index contributed by atoms with van der Waals surface area (Å²) >= 11 is 0. The lowest BCUT2D eigenvalue weighted by molar-refractivity contribution is -0.0557. The predicted octanol–water partition coefficient (Wildman–Crippen LogP) is 6.24. The maximum Gasteiger partial charge on any atom is 0.275 e. The number of benzene rings is 2. The lowest BCUT2D eigenvalue weighted by Gasteiger charge is -2.28. The fraction of sp³-hybridized carbons (Fsp3) is 0.321. The summed E-state index contributed by atoms with van der Waals surface area (Å²) in [5.74, 6) is 0. The summed E-state index contributed by atoms with van der Waals surface area (Å²) in [5, 5.41) is 0.965. The van der Waals surface area contributed by atoms with Gasteiger partial charge < -0.3 is 13.9 Å². The Kier molecular flexibility index (Phi) is 5.83. The van der Waals surface area contributed by atoms with Gasteiger partial charge in [-0.2, -0.15) is 0 Å². The molecule has 0 amide bonds. The topological polar surface area (TPSA) is 36.2 Å². The molecule has 166 valence electrons. The largest absolute Gasteiger partial charge is 0.367 e. The molecule has 0 bridgehead atoms. The van der Waals surface area contributed by atoms with Crippen molar-refractivity contribution in [2.75, 3.05) is 0 Å². The average molecular weight is 429 g/mol. The van der Waals surface area contributed by atoms with Gasteiger partial charge in [0.25, 0.3) is 5.56 Å². The van der Waals surface area contributed by atoms with Gasteiger partial charge in [0.05, 0.1) is 17.4 Å². The predicted molar refractivity (Wildman–Crippen MR) is 132 cm³/mol. The second-order valence-electron chi connectivity index (χ2n) is 9.55. The third-order valence-electron chi connectivity index (χ3n) is 5.81. The molecule has 0 aliphatic carbocycles. The highest BCUT2D eigenvalue weighted by molar-refractivity contribution is 5.96. The van der Waals surface area contributed by atoms with Gasteiger partial charge in [0.2, 0.25) is 0 Å². The first kappa shape index (κ1) is 22.1. The Hall–Kier alpha value is -3.11. The van der Waals surface area contributed by atoms with E-state index in [0.717, 1.165) is 33.3 Å². The summed E-state index contributed by atoms with van der Waals surface area (Å²) in [7, 11) is 1.86. The third kappa shape index (κ3) is 4.28. The van der Waals surface area contributed by atoms with Crippen molar-refractivity contribution in [3.63, 3.8) is 0 Å². The zero-order valence-corrected chi connectivity index (χ0v) is 19.8. The van der Waals surface area contributed by atoms with Crippen LogP contribution in [0.4, 0.5) is 0 Å². The number of hydrogen-bond acceptors (Lipinski definition) is 2. The van der Waals surface area contributed by atoms with Crippen molar-refractivity contribution in [2.45, 2.75) is 52.9 Å². The van der Waals surface area contributed by atoms with Crippen LogP contribution >= 0.6 is 0 Å². The summed E-state index contributed by atoms with van der Waals surface area (Å²) < 4.78 is 10.2. The van der Waals surface area contributed by atoms with Crippen molar-refractivity contribution in [1.29, 1.82) is 0 Å². The minimum atomic E-state index is -0.325. The molecule has 0 aliphatic rings. The molecule has 4 aromatic rings. The molecule has 0 saturated heterocycles. The minimum absolute atomic E-state index is 0.00356. The number of aromatic nitrogens is 2. The Bertz CT molecular complexity index is 1290. The van der Waals surface area contributed by atoms with Crippen LogP contribution in [0.1, 0.15) is 50.6 Å². The Morgan fingerprint density at radius 1 is 0.969 bits per heavy atom. The van der Waals surface area contributed by atoms with Crippen LogP contribution in [0.2, 0.25) is 0 Å². The first-order chi connectivity index (χ1) is 15.2. The van der Waals surface area contributed by atoms with Gasteiger partial charge in [-0.1, -0.05) is 60.2 Å². The van der Waals surface area contributed by atoms with E-state index in [1.54, 1.807) is 4.57 Å². The first-order valence-corrected chi connectivity index (χ1v) is 11.2. The minimum Gasteiger partial charge on any atom is -0.367 e. The summed E-state index contributed by atoms with van der Waals surface area (Å²) in [4.78, 5) is 13.6. The monoisotopic (exact) mass is 428 g/mol. The molecule has 0 radical (unpaired) electrons. The highest BCUT2D eigenvalue weighted by Gasteiger charge is 2.26. The molecule has 2 aromatic heterocycles. The van der Waals surface area contributed by atoms with Crippen LogP contribution in [-0.2, 0) is 18.3 Å². The lowest BCUT2D eigenvalue weighted by atomic mass is 9.96. The zero-order valence-electron chi connectivity index (χ0n) is 19.8. The van der Waals surface area contributed by atoms with Crippen LogP contribution in [0.15, 0.2) is 71.7 Å². The van der Waals surface area contributed by atoms with E-state index in [0.29, 0.717) is 6.54 Å². The Morgan fingerprint density at radius 2 is 1.62 bits per heavy atom. The maximum atomic E-state index is 13.6. The van der Waals surface area contributed by atoms with Gasteiger partial charge in [0.15, 0.2) is 0 Å². The Balaban J connectivity index is 1.99. The van der Waals surface area contributed by atoms with Crippen molar-refractivity contribution in [1.82, 2.24) is 9.13 Å². The zero-order chi connectivity index (χ0) is 23.0. The van der Waals surface area contributed by atoms with Gasteiger partial charge in [-0.25, -0.2) is 0 Å². The molecule has 1 atom stereocenters. The summed E-state index contributed by atoms with van der Waals surface area (Å²) in [6, 6.07) is 20.8. The summed E-state index contributed by atoms with van der Waals surface area (Å²) in [6.45, 7) is 10.9. The van der Waals surface area contributed by atoms with Crippen LogP contribution < -0.4 is 5.56 Å². The van der Waals surface area contributed by atoms with Gasteiger partial charge in [0, 0.05) is 30.7 Å². The fourth-order valence-electron chi connectivity index (χ4n) is 4.48. The number of aryl methyl sites for hydroxylation is 1. The first-order valence-electron chi connectivity index (χ1n) is 11.2. The molecule has 4 heteroatoms. The van der Waals surface area contributed by atoms with E-state index in [1.807, 2.05) is 59.1 Å². The molecular formula is C28H32N2O2.